The fourth-order valence-electron chi connectivity index (χ4n) is 1.72. The minimum absolute atomic E-state index is 0.707. The first-order valence-electron chi connectivity index (χ1n) is 5.79. The largest absolute Gasteiger partial charge is 0.373 e. The molecule has 0 aliphatic heterocycles. The van der Waals surface area contributed by atoms with Gasteiger partial charge < -0.3 is 15.5 Å². The minimum Gasteiger partial charge on any atom is -0.373 e. The van der Waals surface area contributed by atoms with Gasteiger partial charge in [0, 0.05) is 25.8 Å². The average Bonchev–Trinajstić information content (AvgIpc) is 2.27. The van der Waals surface area contributed by atoms with Crippen LogP contribution in [0.15, 0.2) is 24.3 Å². The van der Waals surface area contributed by atoms with Crippen LogP contribution in [0.3, 0.4) is 0 Å². The van der Waals surface area contributed by atoms with Gasteiger partial charge >= 0.3 is 0 Å². The molecule has 0 atom stereocenters. The van der Waals surface area contributed by atoms with Crippen LogP contribution < -0.4 is 10.6 Å². The summed E-state index contributed by atoms with van der Waals surface area (Å²) in [4.78, 5) is 4.49. The Morgan fingerprint density at radius 1 is 1.06 bits per heavy atom. The smallest absolute Gasteiger partial charge is 0.0397 e. The lowest BCUT2D eigenvalue weighted by molar-refractivity contribution is 0.416. The molecule has 1 rings (SSSR count). The molecule has 0 aliphatic rings. The first-order chi connectivity index (χ1) is 7.65. The van der Waals surface area contributed by atoms with Crippen LogP contribution in [0, 0.1) is 0 Å². The van der Waals surface area contributed by atoms with Gasteiger partial charge in [0.05, 0.1) is 0 Å². The fraction of sp³-hybridized carbons (Fsp3) is 0.538. The van der Waals surface area contributed by atoms with Crippen molar-refractivity contribution in [2.75, 3.05) is 45.7 Å². The Morgan fingerprint density at radius 3 is 2.38 bits per heavy atom. The van der Waals surface area contributed by atoms with Gasteiger partial charge in [-0.2, -0.15) is 0 Å². The summed E-state index contributed by atoms with van der Waals surface area (Å²) >= 11 is 0. The van der Waals surface area contributed by atoms with Crippen molar-refractivity contribution in [2.45, 2.75) is 6.42 Å². The summed E-state index contributed by atoms with van der Waals surface area (Å²) < 4.78 is 0. The molecule has 3 heteroatoms. The van der Waals surface area contributed by atoms with E-state index in [1.165, 1.54) is 11.3 Å². The highest BCUT2D eigenvalue weighted by molar-refractivity contribution is 5.53. The molecule has 0 radical (unpaired) electrons. The molecule has 0 heterocycles. The van der Waals surface area contributed by atoms with Crippen molar-refractivity contribution in [3.05, 3.63) is 29.8 Å². The molecular weight excluding hydrogens is 198 g/mol. The molecule has 0 aromatic heterocycles. The predicted molar refractivity (Wildman–Crippen MR) is 71.0 cm³/mol. The van der Waals surface area contributed by atoms with Crippen LogP contribution in [0.1, 0.15) is 5.56 Å². The second-order valence-electron chi connectivity index (χ2n) is 4.39. The number of anilines is 1. The van der Waals surface area contributed by atoms with Crippen molar-refractivity contribution in [3.8, 4) is 0 Å². The summed E-state index contributed by atoms with van der Waals surface area (Å²) in [6, 6.07) is 8.49. The number of hydrogen-bond donors (Lipinski definition) is 1. The molecule has 0 amide bonds. The van der Waals surface area contributed by atoms with Gasteiger partial charge in [0.15, 0.2) is 0 Å². The zero-order valence-corrected chi connectivity index (χ0v) is 10.6. The van der Waals surface area contributed by atoms with Crippen LogP contribution in [0.5, 0.6) is 0 Å². The van der Waals surface area contributed by atoms with E-state index >= 15 is 0 Å². The molecule has 1 aromatic rings. The Morgan fingerprint density at radius 2 is 1.75 bits per heavy atom. The minimum atomic E-state index is 0.707. The van der Waals surface area contributed by atoms with Gasteiger partial charge in [-0.15, -0.1) is 0 Å². The quantitative estimate of drug-likeness (QED) is 0.783. The van der Waals surface area contributed by atoms with Crippen LogP contribution in [0.2, 0.25) is 0 Å². The Bertz CT molecular complexity index is 310. The molecule has 0 aliphatic carbocycles. The number of para-hydroxylation sites is 1. The summed E-state index contributed by atoms with van der Waals surface area (Å²) in [7, 11) is 6.33. The molecule has 0 saturated heterocycles. The molecule has 0 spiro atoms. The Hall–Kier alpha value is -1.06. The maximum atomic E-state index is 5.63. The third-order valence-corrected chi connectivity index (χ3v) is 2.70. The van der Waals surface area contributed by atoms with Crippen LogP contribution in [-0.2, 0) is 6.42 Å². The maximum absolute atomic E-state index is 5.63. The molecular formula is C13H23N3. The standard InChI is InChI=1S/C13H23N3/c1-15(2)10-11-16(3)13-7-5-4-6-12(13)8-9-14/h4-7H,8-11,14H2,1-3H3. The fourth-order valence-corrected chi connectivity index (χ4v) is 1.72. The third-order valence-electron chi connectivity index (χ3n) is 2.70. The van der Waals surface area contributed by atoms with Crippen LogP contribution in [0.25, 0.3) is 0 Å². The van der Waals surface area contributed by atoms with E-state index in [1.807, 2.05) is 0 Å². The zero-order chi connectivity index (χ0) is 12.0. The predicted octanol–water partition coefficient (Wildman–Crippen LogP) is 1.19. The van der Waals surface area contributed by atoms with E-state index in [0.29, 0.717) is 6.54 Å². The number of nitrogens with zero attached hydrogens (tertiary/aromatic N) is 2. The summed E-state index contributed by atoms with van der Waals surface area (Å²) in [5, 5.41) is 0. The van der Waals surface area contributed by atoms with Crippen molar-refractivity contribution in [1.29, 1.82) is 0 Å². The molecule has 90 valence electrons. The highest BCUT2D eigenvalue weighted by Gasteiger charge is 2.06. The highest BCUT2D eigenvalue weighted by atomic mass is 15.2. The second kappa shape index (κ2) is 6.51. The number of rotatable bonds is 6. The van der Waals surface area contributed by atoms with E-state index in [2.05, 4.69) is 55.2 Å². The second-order valence-corrected chi connectivity index (χ2v) is 4.39. The number of nitrogens with two attached hydrogens (primary N) is 1. The van der Waals surface area contributed by atoms with E-state index < -0.39 is 0 Å². The summed E-state index contributed by atoms with van der Waals surface area (Å²) in [5.74, 6) is 0. The van der Waals surface area contributed by atoms with Gasteiger partial charge in [0.25, 0.3) is 0 Å². The number of benzene rings is 1. The summed E-state index contributed by atoms with van der Waals surface area (Å²) in [5.41, 5.74) is 8.26. The van der Waals surface area contributed by atoms with Crippen molar-refractivity contribution in [1.82, 2.24) is 4.90 Å². The van der Waals surface area contributed by atoms with Gasteiger partial charge in [-0.3, -0.25) is 0 Å². The van der Waals surface area contributed by atoms with E-state index in [4.69, 9.17) is 5.73 Å². The van der Waals surface area contributed by atoms with E-state index in [1.54, 1.807) is 0 Å². The monoisotopic (exact) mass is 221 g/mol. The first-order valence-corrected chi connectivity index (χ1v) is 5.79. The topological polar surface area (TPSA) is 32.5 Å². The van der Waals surface area contributed by atoms with E-state index in [-0.39, 0.29) is 0 Å². The molecule has 0 bridgehead atoms. The lowest BCUT2D eigenvalue weighted by atomic mass is 10.1. The Balaban J connectivity index is 2.69. The van der Waals surface area contributed by atoms with E-state index in [0.717, 1.165) is 19.5 Å². The Labute approximate surface area is 98.8 Å². The van der Waals surface area contributed by atoms with Crippen molar-refractivity contribution in [3.63, 3.8) is 0 Å². The molecule has 2 N–H and O–H groups in total. The van der Waals surface area contributed by atoms with Crippen molar-refractivity contribution < 1.29 is 0 Å². The molecule has 0 unspecified atom stereocenters. The Kier molecular flexibility index (Phi) is 5.29. The van der Waals surface area contributed by atoms with Gasteiger partial charge in [-0.1, -0.05) is 18.2 Å². The van der Waals surface area contributed by atoms with Gasteiger partial charge in [-0.25, -0.2) is 0 Å². The molecule has 0 fully saturated rings. The van der Waals surface area contributed by atoms with Gasteiger partial charge in [0.1, 0.15) is 0 Å². The maximum Gasteiger partial charge on any atom is 0.0397 e. The molecule has 3 nitrogen and oxygen atoms in total. The van der Waals surface area contributed by atoms with Crippen LogP contribution in [-0.4, -0.2) is 45.7 Å². The summed E-state index contributed by atoms with van der Waals surface area (Å²) in [6.07, 6.45) is 0.947. The number of likely N-dealkylation sites (N-methyl/N-ethyl adjacent to an activating group) is 2. The molecule has 0 saturated carbocycles. The van der Waals surface area contributed by atoms with Crippen LogP contribution in [0.4, 0.5) is 5.69 Å². The van der Waals surface area contributed by atoms with Crippen LogP contribution >= 0.6 is 0 Å². The lowest BCUT2D eigenvalue weighted by Crippen LogP contribution is -2.29. The van der Waals surface area contributed by atoms with Crippen molar-refractivity contribution in [2.24, 2.45) is 5.73 Å². The lowest BCUT2D eigenvalue weighted by Gasteiger charge is -2.24. The normalized spacial score (nSPS) is 10.8. The van der Waals surface area contributed by atoms with Gasteiger partial charge in [-0.05, 0) is 38.7 Å². The van der Waals surface area contributed by atoms with Crippen molar-refractivity contribution >= 4 is 5.69 Å². The third kappa shape index (κ3) is 3.83. The van der Waals surface area contributed by atoms with Gasteiger partial charge in [0.2, 0.25) is 0 Å². The zero-order valence-electron chi connectivity index (χ0n) is 10.6. The summed E-state index contributed by atoms with van der Waals surface area (Å²) in [6.45, 7) is 2.81. The molecule has 1 aromatic carbocycles. The first kappa shape index (κ1) is 13.0. The van der Waals surface area contributed by atoms with E-state index in [9.17, 15) is 0 Å². The molecule has 16 heavy (non-hydrogen) atoms. The SMILES string of the molecule is CN(C)CCN(C)c1ccccc1CCN. The number of hydrogen-bond acceptors (Lipinski definition) is 3. The highest BCUT2D eigenvalue weighted by Crippen LogP contribution is 2.18. The average molecular weight is 221 g/mol.